The highest BCUT2D eigenvalue weighted by Crippen LogP contribution is 2.31. The number of halogens is 1. The van der Waals surface area contributed by atoms with Crippen LogP contribution in [0.25, 0.3) is 21.8 Å². The lowest BCUT2D eigenvalue weighted by atomic mass is 10.1. The van der Waals surface area contributed by atoms with E-state index in [4.69, 9.17) is 11.5 Å². The van der Waals surface area contributed by atoms with Gasteiger partial charge in [-0.1, -0.05) is 22.0 Å². The number of benzene rings is 2. The maximum absolute atomic E-state index is 13.1. The molecule has 0 bridgehead atoms. The molecule has 0 fully saturated rings. The van der Waals surface area contributed by atoms with Gasteiger partial charge in [-0.15, -0.1) is 0 Å². The summed E-state index contributed by atoms with van der Waals surface area (Å²) in [5.41, 5.74) is 15.9. The van der Waals surface area contributed by atoms with E-state index in [0.29, 0.717) is 29.5 Å². The van der Waals surface area contributed by atoms with Gasteiger partial charge in [0.25, 0.3) is 5.91 Å². The van der Waals surface area contributed by atoms with Gasteiger partial charge in [0, 0.05) is 34.0 Å². The van der Waals surface area contributed by atoms with Crippen LogP contribution in [0, 0.1) is 6.92 Å². The van der Waals surface area contributed by atoms with E-state index in [9.17, 15) is 4.79 Å². The van der Waals surface area contributed by atoms with Gasteiger partial charge >= 0.3 is 0 Å². The average molecular weight is 467 g/mol. The summed E-state index contributed by atoms with van der Waals surface area (Å²) >= 11 is 3.55. The number of rotatable bonds is 4. The number of aromatic nitrogens is 3. The molecular weight excluding hydrogens is 444 g/mol. The molecule has 7 nitrogen and oxygen atoms in total. The molecule has 0 aliphatic rings. The molecule has 0 saturated carbocycles. The Balaban J connectivity index is 1.65. The zero-order valence-corrected chi connectivity index (χ0v) is 18.6. The summed E-state index contributed by atoms with van der Waals surface area (Å²) in [7, 11) is 0. The molecule has 1 amide bonds. The molecule has 154 valence electrons. The summed E-state index contributed by atoms with van der Waals surface area (Å²) in [4.78, 5) is 21.3. The lowest BCUT2D eigenvalue weighted by Gasteiger charge is -2.12. The van der Waals surface area contributed by atoms with E-state index in [1.807, 2.05) is 31.2 Å². The second-order valence-corrected chi connectivity index (χ2v) is 8.58. The number of nitrogens with two attached hydrogens (primary N) is 2. The van der Waals surface area contributed by atoms with Gasteiger partial charge in [0.15, 0.2) is 0 Å². The first-order valence-electron chi connectivity index (χ1n) is 9.65. The molecule has 4 aromatic rings. The number of carbonyl (C=O) groups excluding carboxylic acids is 1. The summed E-state index contributed by atoms with van der Waals surface area (Å²) in [5.74, 6) is 0.338. The minimum Gasteiger partial charge on any atom is -0.383 e. The minimum absolute atomic E-state index is 0.128. The molecule has 2 aromatic heterocycles. The van der Waals surface area contributed by atoms with Crippen molar-refractivity contribution in [3.63, 3.8) is 0 Å². The fourth-order valence-electron chi connectivity index (χ4n) is 3.77. The second kappa shape index (κ2) is 7.60. The molecular formula is C22H23BrN6O. The number of fused-ring (bicyclic) bond motifs is 2. The first-order chi connectivity index (χ1) is 14.2. The highest BCUT2D eigenvalue weighted by molar-refractivity contribution is 9.10. The molecule has 2 aromatic carbocycles. The number of carbonyl (C=O) groups is 1. The van der Waals surface area contributed by atoms with Gasteiger partial charge in [0.05, 0.1) is 16.6 Å². The molecule has 2 heterocycles. The first kappa shape index (κ1) is 20.2. The molecule has 4 rings (SSSR count). The van der Waals surface area contributed by atoms with Crippen LogP contribution >= 0.6 is 15.9 Å². The van der Waals surface area contributed by atoms with Crippen molar-refractivity contribution in [2.24, 2.45) is 0 Å². The van der Waals surface area contributed by atoms with Crippen molar-refractivity contribution >= 4 is 55.4 Å². The van der Waals surface area contributed by atoms with Crippen LogP contribution in [-0.2, 0) is 6.54 Å². The van der Waals surface area contributed by atoms with Gasteiger partial charge in [0.2, 0.25) is 5.95 Å². The molecule has 0 spiro atoms. The topological polar surface area (TPSA) is 112 Å². The Bertz CT molecular complexity index is 1290. The summed E-state index contributed by atoms with van der Waals surface area (Å²) < 4.78 is 3.05. The van der Waals surface area contributed by atoms with Crippen LogP contribution in [0.4, 0.5) is 11.8 Å². The monoisotopic (exact) mass is 466 g/mol. The van der Waals surface area contributed by atoms with Crippen LogP contribution in [0.1, 0.15) is 41.4 Å². The van der Waals surface area contributed by atoms with Crippen LogP contribution in [0.15, 0.2) is 41.0 Å². The van der Waals surface area contributed by atoms with Crippen molar-refractivity contribution in [3.05, 3.63) is 57.7 Å². The molecule has 0 unspecified atom stereocenters. The normalized spacial score (nSPS) is 11.5. The molecule has 0 radical (unpaired) electrons. The summed E-state index contributed by atoms with van der Waals surface area (Å²) in [6.07, 6.45) is 2.09. The lowest BCUT2D eigenvalue weighted by molar-refractivity contribution is 0.0952. The Morgan fingerprint density at radius 3 is 2.70 bits per heavy atom. The Labute approximate surface area is 182 Å². The third kappa shape index (κ3) is 3.59. The predicted molar refractivity (Wildman–Crippen MR) is 124 cm³/mol. The average Bonchev–Trinajstić information content (AvgIpc) is 3.01. The Hall–Kier alpha value is -3.13. The quantitative estimate of drug-likeness (QED) is 0.414. The third-order valence-electron chi connectivity index (χ3n) is 5.15. The van der Waals surface area contributed by atoms with Crippen LogP contribution in [0.2, 0.25) is 0 Å². The number of aryl methyl sites for hydroxylation is 1. The van der Waals surface area contributed by atoms with Crippen molar-refractivity contribution in [2.75, 3.05) is 11.5 Å². The third-order valence-corrected chi connectivity index (χ3v) is 5.61. The molecule has 30 heavy (non-hydrogen) atoms. The molecule has 0 aliphatic carbocycles. The largest absolute Gasteiger partial charge is 0.383 e. The van der Waals surface area contributed by atoms with E-state index in [2.05, 4.69) is 61.9 Å². The second-order valence-electron chi connectivity index (χ2n) is 7.66. The SMILES string of the molecule is Cc1cn(C(C)C)c2cc(Br)cc(C(=O)NCc3ccc4c(N)nc(N)nc4c3)c12. The fourth-order valence-corrected chi connectivity index (χ4v) is 4.21. The number of nitrogens with one attached hydrogen (secondary N) is 1. The highest BCUT2D eigenvalue weighted by Gasteiger charge is 2.17. The maximum atomic E-state index is 13.1. The Morgan fingerprint density at radius 1 is 1.20 bits per heavy atom. The molecule has 0 aliphatic heterocycles. The van der Waals surface area contributed by atoms with Gasteiger partial charge in [-0.05, 0) is 56.2 Å². The van der Waals surface area contributed by atoms with Gasteiger partial charge in [-0.3, -0.25) is 4.79 Å². The van der Waals surface area contributed by atoms with E-state index in [1.54, 1.807) is 0 Å². The van der Waals surface area contributed by atoms with Gasteiger partial charge in [-0.25, -0.2) is 4.98 Å². The van der Waals surface area contributed by atoms with E-state index in [-0.39, 0.29) is 11.9 Å². The Morgan fingerprint density at radius 2 is 1.97 bits per heavy atom. The fraction of sp³-hybridized carbons (Fsp3) is 0.227. The minimum atomic E-state index is -0.132. The van der Waals surface area contributed by atoms with E-state index >= 15 is 0 Å². The van der Waals surface area contributed by atoms with Crippen LogP contribution in [0.5, 0.6) is 0 Å². The van der Waals surface area contributed by atoms with Gasteiger partial charge in [-0.2, -0.15) is 4.98 Å². The molecule has 0 atom stereocenters. The zero-order chi connectivity index (χ0) is 21.6. The first-order valence-corrected chi connectivity index (χ1v) is 10.4. The van der Waals surface area contributed by atoms with Crippen molar-refractivity contribution in [1.82, 2.24) is 19.9 Å². The summed E-state index contributed by atoms with van der Waals surface area (Å²) in [6.45, 7) is 6.64. The van der Waals surface area contributed by atoms with Crippen molar-refractivity contribution in [3.8, 4) is 0 Å². The lowest BCUT2D eigenvalue weighted by Crippen LogP contribution is -2.23. The number of amides is 1. The predicted octanol–water partition coefficient (Wildman–Crippen LogP) is 4.33. The maximum Gasteiger partial charge on any atom is 0.252 e. The Kier molecular flexibility index (Phi) is 5.11. The smallest absolute Gasteiger partial charge is 0.252 e. The summed E-state index contributed by atoms with van der Waals surface area (Å²) in [5, 5.41) is 4.72. The van der Waals surface area contributed by atoms with Crippen LogP contribution < -0.4 is 16.8 Å². The van der Waals surface area contributed by atoms with E-state index in [0.717, 1.165) is 31.9 Å². The number of nitrogens with zero attached hydrogens (tertiary/aromatic N) is 3. The van der Waals surface area contributed by atoms with Crippen molar-refractivity contribution in [1.29, 1.82) is 0 Å². The number of nitrogen functional groups attached to an aromatic ring is 2. The molecule has 8 heteroatoms. The van der Waals surface area contributed by atoms with Crippen LogP contribution in [0.3, 0.4) is 0 Å². The zero-order valence-electron chi connectivity index (χ0n) is 17.0. The molecule has 0 saturated heterocycles. The number of anilines is 2. The van der Waals surface area contributed by atoms with E-state index < -0.39 is 0 Å². The number of hydrogen-bond acceptors (Lipinski definition) is 5. The number of hydrogen-bond donors (Lipinski definition) is 3. The van der Waals surface area contributed by atoms with E-state index in [1.165, 1.54) is 0 Å². The van der Waals surface area contributed by atoms with Crippen molar-refractivity contribution < 1.29 is 4.79 Å². The molecule has 5 N–H and O–H groups in total. The van der Waals surface area contributed by atoms with Crippen LogP contribution in [-0.4, -0.2) is 20.4 Å². The van der Waals surface area contributed by atoms with Crippen molar-refractivity contribution in [2.45, 2.75) is 33.4 Å². The summed E-state index contributed by atoms with van der Waals surface area (Å²) in [6, 6.07) is 9.82. The standard InChI is InChI=1S/C22H23BrN6O/c1-11(2)29-10-12(3)19-16(7-14(23)8-18(19)29)21(30)26-9-13-4-5-15-17(6-13)27-22(25)28-20(15)24/h4-8,10-11H,9H2,1-3H3,(H,26,30)(H4,24,25,27,28). The van der Waals surface area contributed by atoms with Gasteiger partial charge in [0.1, 0.15) is 5.82 Å². The van der Waals surface area contributed by atoms with Gasteiger partial charge < -0.3 is 21.4 Å². The highest BCUT2D eigenvalue weighted by atomic mass is 79.9.